The van der Waals surface area contributed by atoms with E-state index in [2.05, 4.69) is 25.1 Å². The molecule has 0 amide bonds. The molecule has 2 rings (SSSR count). The van der Waals surface area contributed by atoms with Crippen LogP contribution in [0.15, 0.2) is 18.2 Å². The van der Waals surface area contributed by atoms with Crippen molar-refractivity contribution in [3.05, 3.63) is 41.8 Å². The molecule has 1 aliphatic carbocycles. The van der Waals surface area contributed by atoms with E-state index in [-0.39, 0.29) is 0 Å². The summed E-state index contributed by atoms with van der Waals surface area (Å²) in [5.41, 5.74) is 4.91. The molecule has 22 heavy (non-hydrogen) atoms. The summed E-state index contributed by atoms with van der Waals surface area (Å²) in [5.74, 6) is 0. The third kappa shape index (κ3) is 6.12. The topological polar surface area (TPSA) is 9.23 Å². The predicted molar refractivity (Wildman–Crippen MR) is 95.3 cm³/mol. The summed E-state index contributed by atoms with van der Waals surface area (Å²) in [6.07, 6.45) is 15.2. The van der Waals surface area contributed by atoms with E-state index in [9.17, 15) is 0 Å². The fourth-order valence-electron chi connectivity index (χ4n) is 3.45. The Morgan fingerprint density at radius 1 is 0.864 bits per heavy atom. The number of hydrogen-bond acceptors (Lipinski definition) is 1. The number of benzene rings is 1. The molecule has 0 aliphatic heterocycles. The lowest BCUT2D eigenvalue weighted by Crippen LogP contribution is -2.06. The maximum Gasteiger partial charge on any atom is 0.0466 e. The van der Waals surface area contributed by atoms with Gasteiger partial charge in [-0.25, -0.2) is 0 Å². The Kier molecular flexibility index (Phi) is 8.63. The predicted octanol–water partition coefficient (Wildman–Crippen LogP) is 5.69. The van der Waals surface area contributed by atoms with Crippen molar-refractivity contribution in [3.8, 4) is 0 Å². The van der Waals surface area contributed by atoms with Gasteiger partial charge >= 0.3 is 0 Å². The lowest BCUT2D eigenvalue weighted by Gasteiger charge is -2.19. The highest BCUT2D eigenvalue weighted by atomic mass is 16.5. The van der Waals surface area contributed by atoms with Crippen LogP contribution in [0.5, 0.6) is 0 Å². The SMILES string of the molecule is [CH2]CCCCCOCCCCCc1cccc2c1CCCC2. The number of unbranched alkanes of at least 4 members (excludes halogenated alkanes) is 5. The molecule has 0 N–H and O–H groups in total. The molecule has 1 nitrogen and oxygen atoms in total. The molecule has 0 saturated heterocycles. The van der Waals surface area contributed by atoms with Crippen LogP contribution < -0.4 is 0 Å². The molecule has 0 atom stereocenters. The minimum Gasteiger partial charge on any atom is -0.381 e. The number of aryl methyl sites for hydroxylation is 2. The summed E-state index contributed by atoms with van der Waals surface area (Å²) < 4.78 is 5.70. The second-order valence-electron chi connectivity index (χ2n) is 6.60. The normalized spacial score (nSPS) is 14.0. The number of hydrogen-bond donors (Lipinski definition) is 0. The highest BCUT2D eigenvalue weighted by Crippen LogP contribution is 2.25. The molecule has 123 valence electrons. The maximum atomic E-state index is 5.70. The highest BCUT2D eigenvalue weighted by Gasteiger charge is 2.12. The first-order valence-corrected chi connectivity index (χ1v) is 9.38. The van der Waals surface area contributed by atoms with Crippen molar-refractivity contribution in [1.82, 2.24) is 0 Å². The Bertz CT molecular complexity index is 410. The molecule has 0 heterocycles. The van der Waals surface area contributed by atoms with E-state index < -0.39 is 0 Å². The van der Waals surface area contributed by atoms with E-state index in [0.29, 0.717) is 0 Å². The quantitative estimate of drug-likeness (QED) is 0.477. The fraction of sp³-hybridized carbons (Fsp3) is 0.667. The van der Waals surface area contributed by atoms with Gasteiger partial charge in [0.1, 0.15) is 0 Å². The number of fused-ring (bicyclic) bond motifs is 1. The molecule has 1 aromatic rings. The Labute approximate surface area is 137 Å². The van der Waals surface area contributed by atoms with Gasteiger partial charge in [0.2, 0.25) is 0 Å². The van der Waals surface area contributed by atoms with Gasteiger partial charge in [-0.2, -0.15) is 0 Å². The monoisotopic (exact) mass is 301 g/mol. The second kappa shape index (κ2) is 10.8. The lowest BCUT2D eigenvalue weighted by atomic mass is 9.87. The van der Waals surface area contributed by atoms with E-state index in [0.717, 1.165) is 19.6 Å². The van der Waals surface area contributed by atoms with Crippen LogP contribution in [-0.4, -0.2) is 13.2 Å². The standard InChI is InChI=1S/C21H33O/c1-2-3-4-9-17-22-18-10-5-6-12-19-14-11-15-20-13-7-8-16-21(19)20/h11,14-15H,1-10,12-13,16-18H2. The summed E-state index contributed by atoms with van der Waals surface area (Å²) in [4.78, 5) is 0. The van der Waals surface area contributed by atoms with Crippen LogP contribution in [0.25, 0.3) is 0 Å². The third-order valence-electron chi connectivity index (χ3n) is 4.77. The van der Waals surface area contributed by atoms with Crippen molar-refractivity contribution >= 4 is 0 Å². The van der Waals surface area contributed by atoms with Gasteiger partial charge in [-0.05, 0) is 68.1 Å². The van der Waals surface area contributed by atoms with Gasteiger partial charge in [-0.15, -0.1) is 0 Å². The van der Waals surface area contributed by atoms with Crippen molar-refractivity contribution < 1.29 is 4.74 Å². The van der Waals surface area contributed by atoms with E-state index in [1.54, 1.807) is 16.7 Å². The van der Waals surface area contributed by atoms with Crippen molar-refractivity contribution in [2.45, 2.75) is 77.0 Å². The van der Waals surface area contributed by atoms with Gasteiger partial charge in [0.25, 0.3) is 0 Å². The van der Waals surface area contributed by atoms with Gasteiger partial charge in [-0.1, -0.05) is 50.8 Å². The lowest BCUT2D eigenvalue weighted by molar-refractivity contribution is 0.126. The van der Waals surface area contributed by atoms with Crippen LogP contribution in [0.1, 0.15) is 74.5 Å². The second-order valence-corrected chi connectivity index (χ2v) is 6.60. The zero-order valence-corrected chi connectivity index (χ0v) is 14.2. The van der Waals surface area contributed by atoms with Crippen molar-refractivity contribution in [1.29, 1.82) is 0 Å². The Balaban J connectivity index is 1.54. The Morgan fingerprint density at radius 2 is 1.64 bits per heavy atom. The number of ether oxygens (including phenoxy) is 1. The smallest absolute Gasteiger partial charge is 0.0466 e. The summed E-state index contributed by atoms with van der Waals surface area (Å²) in [7, 11) is 0. The Hall–Kier alpha value is -0.820. The van der Waals surface area contributed by atoms with Crippen LogP contribution >= 0.6 is 0 Å². The zero-order chi connectivity index (χ0) is 15.5. The van der Waals surface area contributed by atoms with Gasteiger partial charge in [0.15, 0.2) is 0 Å². The van der Waals surface area contributed by atoms with E-state index >= 15 is 0 Å². The molecule has 1 heteroatoms. The first kappa shape index (κ1) is 17.5. The summed E-state index contributed by atoms with van der Waals surface area (Å²) in [6, 6.07) is 6.94. The maximum absolute atomic E-state index is 5.70. The largest absolute Gasteiger partial charge is 0.381 e. The highest BCUT2D eigenvalue weighted by molar-refractivity contribution is 5.37. The van der Waals surface area contributed by atoms with E-state index in [1.807, 2.05) is 0 Å². The third-order valence-corrected chi connectivity index (χ3v) is 4.77. The van der Waals surface area contributed by atoms with Gasteiger partial charge in [-0.3, -0.25) is 0 Å². The van der Waals surface area contributed by atoms with Crippen LogP contribution in [-0.2, 0) is 24.0 Å². The molecule has 0 saturated carbocycles. The minimum absolute atomic E-state index is 0.937. The van der Waals surface area contributed by atoms with Gasteiger partial charge < -0.3 is 4.74 Å². The molecule has 0 aromatic heterocycles. The summed E-state index contributed by atoms with van der Waals surface area (Å²) in [6.45, 7) is 5.74. The molecular weight excluding hydrogens is 268 g/mol. The summed E-state index contributed by atoms with van der Waals surface area (Å²) in [5, 5.41) is 0. The molecule has 0 spiro atoms. The molecule has 0 fully saturated rings. The molecule has 1 radical (unpaired) electrons. The van der Waals surface area contributed by atoms with Crippen molar-refractivity contribution in [3.63, 3.8) is 0 Å². The first-order valence-electron chi connectivity index (χ1n) is 9.38. The fourth-order valence-corrected chi connectivity index (χ4v) is 3.45. The van der Waals surface area contributed by atoms with Crippen molar-refractivity contribution in [2.24, 2.45) is 0 Å². The summed E-state index contributed by atoms with van der Waals surface area (Å²) >= 11 is 0. The average Bonchev–Trinajstić information content (AvgIpc) is 2.56. The van der Waals surface area contributed by atoms with Crippen LogP contribution in [0.2, 0.25) is 0 Å². The number of rotatable bonds is 11. The average molecular weight is 301 g/mol. The van der Waals surface area contributed by atoms with Crippen LogP contribution in [0, 0.1) is 6.92 Å². The van der Waals surface area contributed by atoms with E-state index in [1.165, 1.54) is 70.6 Å². The molecule has 1 aliphatic rings. The van der Waals surface area contributed by atoms with Gasteiger partial charge in [0, 0.05) is 13.2 Å². The van der Waals surface area contributed by atoms with Gasteiger partial charge in [0.05, 0.1) is 0 Å². The molecular formula is C21H33O. The first-order chi connectivity index (χ1) is 10.9. The minimum atomic E-state index is 0.937. The van der Waals surface area contributed by atoms with Crippen LogP contribution in [0.3, 0.4) is 0 Å². The molecule has 0 bridgehead atoms. The Morgan fingerprint density at radius 3 is 2.45 bits per heavy atom. The van der Waals surface area contributed by atoms with Crippen molar-refractivity contribution in [2.75, 3.05) is 13.2 Å². The van der Waals surface area contributed by atoms with Crippen LogP contribution in [0.4, 0.5) is 0 Å². The molecule has 0 unspecified atom stereocenters. The van der Waals surface area contributed by atoms with E-state index in [4.69, 9.17) is 4.74 Å². The zero-order valence-electron chi connectivity index (χ0n) is 14.2. The molecule has 1 aromatic carbocycles.